The predicted molar refractivity (Wildman–Crippen MR) is 129 cm³/mol. The Labute approximate surface area is 194 Å². The molecule has 5 rings (SSSR count). The summed E-state index contributed by atoms with van der Waals surface area (Å²) in [4.78, 5) is 25.0. The Kier molecular flexibility index (Phi) is 6.14. The number of hydrogen-bond donors (Lipinski definition) is 2. The number of aliphatic hydroxyl groups excluding tert-OH is 1. The molecule has 1 aliphatic carbocycles. The Bertz CT molecular complexity index is 1170. The summed E-state index contributed by atoms with van der Waals surface area (Å²) in [7, 11) is 0. The van der Waals surface area contributed by atoms with Crippen LogP contribution in [-0.2, 0) is 17.6 Å². The molecule has 1 aromatic heterocycles. The molecule has 3 aromatic rings. The van der Waals surface area contributed by atoms with Crippen molar-refractivity contribution >= 4 is 11.6 Å². The zero-order valence-corrected chi connectivity index (χ0v) is 18.7. The van der Waals surface area contributed by atoms with E-state index in [4.69, 9.17) is 0 Å². The Balaban J connectivity index is 1.17. The van der Waals surface area contributed by atoms with Crippen LogP contribution in [0.15, 0.2) is 77.6 Å². The number of aromatic nitrogens is 1. The van der Waals surface area contributed by atoms with Crippen LogP contribution in [0.3, 0.4) is 0 Å². The van der Waals surface area contributed by atoms with Gasteiger partial charge in [-0.15, -0.1) is 0 Å². The molecule has 5 nitrogen and oxygen atoms in total. The first kappa shape index (κ1) is 21.7. The number of benzene rings is 2. The number of fused-ring (bicyclic) bond motifs is 1. The lowest BCUT2D eigenvalue weighted by Crippen LogP contribution is -2.30. The van der Waals surface area contributed by atoms with E-state index >= 15 is 0 Å². The highest BCUT2D eigenvalue weighted by molar-refractivity contribution is 5.94. The van der Waals surface area contributed by atoms with Gasteiger partial charge < -0.3 is 15.0 Å². The highest BCUT2D eigenvalue weighted by Crippen LogP contribution is 2.40. The second kappa shape index (κ2) is 9.36. The van der Waals surface area contributed by atoms with Gasteiger partial charge in [0.2, 0.25) is 5.91 Å². The molecule has 0 saturated heterocycles. The van der Waals surface area contributed by atoms with Gasteiger partial charge in [0.15, 0.2) is 0 Å². The number of rotatable bonds is 6. The third kappa shape index (κ3) is 4.64. The summed E-state index contributed by atoms with van der Waals surface area (Å²) in [6, 6.07) is 22.7. The molecule has 2 aromatic carbocycles. The summed E-state index contributed by atoms with van der Waals surface area (Å²) in [5, 5.41) is 13.7. The summed E-state index contributed by atoms with van der Waals surface area (Å²) in [6.45, 7) is 0. The van der Waals surface area contributed by atoms with Crippen molar-refractivity contribution in [1.29, 1.82) is 0 Å². The van der Waals surface area contributed by atoms with Gasteiger partial charge in [-0.3, -0.25) is 9.59 Å². The molecule has 4 atom stereocenters. The molecule has 5 heteroatoms. The molecular weight excluding hydrogens is 412 g/mol. The largest absolute Gasteiger partial charge is 0.388 e. The van der Waals surface area contributed by atoms with Crippen LogP contribution in [0.2, 0.25) is 0 Å². The molecule has 2 heterocycles. The number of anilines is 1. The van der Waals surface area contributed by atoms with Gasteiger partial charge in [-0.2, -0.15) is 0 Å². The van der Waals surface area contributed by atoms with E-state index in [9.17, 15) is 14.7 Å². The van der Waals surface area contributed by atoms with Crippen molar-refractivity contribution in [2.75, 3.05) is 5.32 Å². The first-order chi connectivity index (χ1) is 16.1. The van der Waals surface area contributed by atoms with E-state index in [1.165, 1.54) is 11.6 Å². The van der Waals surface area contributed by atoms with Gasteiger partial charge in [-0.25, -0.2) is 0 Å². The number of nitrogens with zero attached hydrogens (tertiary/aromatic N) is 1. The summed E-state index contributed by atoms with van der Waals surface area (Å²) >= 11 is 0. The zero-order valence-electron chi connectivity index (χ0n) is 18.7. The van der Waals surface area contributed by atoms with Crippen LogP contribution >= 0.6 is 0 Å². The molecule has 0 bridgehead atoms. The Hall–Kier alpha value is -3.18. The maximum Gasteiger partial charge on any atom is 0.251 e. The van der Waals surface area contributed by atoms with Crippen molar-refractivity contribution in [3.8, 4) is 0 Å². The number of carbonyl (C=O) groups is 1. The predicted octanol–water partition coefficient (Wildman–Crippen LogP) is 4.67. The van der Waals surface area contributed by atoms with E-state index < -0.39 is 6.04 Å². The number of pyridine rings is 1. The van der Waals surface area contributed by atoms with Gasteiger partial charge in [-0.1, -0.05) is 48.5 Å². The normalized spacial score (nSPS) is 22.6. The lowest BCUT2D eigenvalue weighted by atomic mass is 9.91. The first-order valence-corrected chi connectivity index (χ1v) is 11.9. The summed E-state index contributed by atoms with van der Waals surface area (Å²) in [5.41, 5.74) is 3.81. The minimum absolute atomic E-state index is 0.118. The lowest BCUT2D eigenvalue weighted by Gasteiger charge is -2.19. The van der Waals surface area contributed by atoms with E-state index in [1.807, 2.05) is 48.5 Å². The van der Waals surface area contributed by atoms with Crippen molar-refractivity contribution in [3.63, 3.8) is 0 Å². The maximum absolute atomic E-state index is 12.8. The zero-order chi connectivity index (χ0) is 22.8. The average Bonchev–Trinajstić information content (AvgIpc) is 3.49. The topological polar surface area (TPSA) is 71.3 Å². The van der Waals surface area contributed by atoms with Crippen molar-refractivity contribution in [2.45, 2.75) is 50.7 Å². The molecule has 1 aliphatic heterocycles. The van der Waals surface area contributed by atoms with Gasteiger partial charge in [0.1, 0.15) is 6.04 Å². The van der Waals surface area contributed by atoms with Crippen LogP contribution in [0.5, 0.6) is 0 Å². The van der Waals surface area contributed by atoms with Crippen LogP contribution in [0.1, 0.15) is 54.6 Å². The SMILES string of the molecule is O=C(Nc1ccc(C[C@@H]2CC[C@H]([C@H](O)c3ccccc3)C2)cc1)[C@H]1CCc2cccc(=O)n21. The summed E-state index contributed by atoms with van der Waals surface area (Å²) in [5.74, 6) is 0.743. The standard InChI is InChI=1S/C28H30N2O3/c31-26-8-4-7-24-15-16-25(30(24)26)28(33)29-23-13-10-19(11-14-23)17-20-9-12-22(18-20)27(32)21-5-2-1-3-6-21/h1-8,10-11,13-14,20,22,25,27,32H,9,12,15-18H2,(H,29,33)/t20-,22-,25+,27+/m0/s1. The number of nitrogens with one attached hydrogen (secondary N) is 1. The second-order valence-corrected chi connectivity index (χ2v) is 9.46. The third-order valence-corrected chi connectivity index (χ3v) is 7.28. The van der Waals surface area contributed by atoms with Crippen LogP contribution in [-0.4, -0.2) is 15.6 Å². The lowest BCUT2D eigenvalue weighted by molar-refractivity contribution is -0.119. The number of carbonyl (C=O) groups excluding carboxylic acids is 1. The van der Waals surface area contributed by atoms with Crippen molar-refractivity contribution in [3.05, 3.63) is 100.0 Å². The molecule has 170 valence electrons. The fraction of sp³-hybridized carbons (Fsp3) is 0.357. The van der Waals surface area contributed by atoms with Gasteiger partial charge >= 0.3 is 0 Å². The molecule has 1 saturated carbocycles. The molecule has 33 heavy (non-hydrogen) atoms. The van der Waals surface area contributed by atoms with E-state index in [-0.39, 0.29) is 17.6 Å². The van der Waals surface area contributed by atoms with Crippen molar-refractivity contribution in [2.24, 2.45) is 11.8 Å². The molecule has 0 unspecified atom stereocenters. The highest BCUT2D eigenvalue weighted by atomic mass is 16.3. The smallest absolute Gasteiger partial charge is 0.251 e. The van der Waals surface area contributed by atoms with Gasteiger partial charge in [-0.05, 0) is 79.7 Å². The average molecular weight is 443 g/mol. The minimum atomic E-state index is -0.445. The van der Waals surface area contributed by atoms with Crippen LogP contribution in [0.4, 0.5) is 5.69 Å². The number of aryl methyl sites for hydroxylation is 1. The van der Waals surface area contributed by atoms with Crippen LogP contribution in [0, 0.1) is 11.8 Å². The maximum atomic E-state index is 12.8. The number of aliphatic hydroxyl groups is 1. The molecule has 2 N–H and O–H groups in total. The molecule has 1 fully saturated rings. The Morgan fingerprint density at radius 2 is 1.76 bits per heavy atom. The molecule has 0 spiro atoms. The summed E-state index contributed by atoms with van der Waals surface area (Å²) in [6.07, 6.45) is 5.21. The van der Waals surface area contributed by atoms with Gasteiger partial charge in [0, 0.05) is 17.4 Å². The van der Waals surface area contributed by atoms with Crippen molar-refractivity contribution in [1.82, 2.24) is 4.57 Å². The third-order valence-electron chi connectivity index (χ3n) is 7.28. The Morgan fingerprint density at radius 3 is 2.55 bits per heavy atom. The number of hydrogen-bond acceptors (Lipinski definition) is 3. The molecule has 1 amide bonds. The molecular formula is C28H30N2O3. The summed E-state index contributed by atoms with van der Waals surface area (Å²) < 4.78 is 1.62. The Morgan fingerprint density at radius 1 is 0.970 bits per heavy atom. The van der Waals surface area contributed by atoms with Gasteiger partial charge in [0.05, 0.1) is 6.10 Å². The quantitative estimate of drug-likeness (QED) is 0.583. The van der Waals surface area contributed by atoms with E-state index in [1.54, 1.807) is 10.6 Å². The van der Waals surface area contributed by atoms with Crippen LogP contribution < -0.4 is 10.9 Å². The monoisotopic (exact) mass is 442 g/mol. The molecule has 0 radical (unpaired) electrons. The van der Waals surface area contributed by atoms with Gasteiger partial charge in [0.25, 0.3) is 5.56 Å². The second-order valence-electron chi connectivity index (χ2n) is 9.46. The van der Waals surface area contributed by atoms with Crippen molar-refractivity contribution < 1.29 is 9.90 Å². The van der Waals surface area contributed by atoms with E-state index in [0.29, 0.717) is 18.3 Å². The minimum Gasteiger partial charge on any atom is -0.388 e. The fourth-order valence-electron chi connectivity index (χ4n) is 5.55. The number of amides is 1. The van der Waals surface area contributed by atoms with E-state index in [0.717, 1.165) is 49.0 Å². The highest BCUT2D eigenvalue weighted by Gasteiger charge is 2.31. The van der Waals surface area contributed by atoms with Crippen LogP contribution in [0.25, 0.3) is 0 Å². The molecule has 2 aliphatic rings. The van der Waals surface area contributed by atoms with E-state index in [2.05, 4.69) is 17.4 Å². The fourth-order valence-corrected chi connectivity index (χ4v) is 5.55. The first-order valence-electron chi connectivity index (χ1n) is 11.9.